The topological polar surface area (TPSA) is 66.9 Å². The number of rotatable bonds is 6. The summed E-state index contributed by atoms with van der Waals surface area (Å²) in [6, 6.07) is 10.0. The molecule has 140 valence electrons. The second-order valence-corrected chi connectivity index (χ2v) is 8.08. The van der Waals surface area contributed by atoms with E-state index in [4.69, 9.17) is 4.74 Å². The first-order valence-corrected chi connectivity index (χ1v) is 9.25. The van der Waals surface area contributed by atoms with Gasteiger partial charge in [-0.15, -0.1) is 0 Å². The molecule has 2 aromatic carbocycles. The Hall–Kier alpha value is -2.45. The van der Waals surface area contributed by atoms with Gasteiger partial charge in [-0.05, 0) is 55.0 Å². The van der Waals surface area contributed by atoms with Gasteiger partial charge in [-0.1, -0.05) is 0 Å². The Morgan fingerprint density at radius 3 is 2.23 bits per heavy atom. The van der Waals surface area contributed by atoms with Crippen LogP contribution in [0.25, 0.3) is 0 Å². The Morgan fingerprint density at radius 2 is 1.69 bits per heavy atom. The number of hydrogen-bond acceptors (Lipinski definition) is 4. The minimum absolute atomic E-state index is 0.155. The van der Waals surface area contributed by atoms with Crippen molar-refractivity contribution in [3.63, 3.8) is 0 Å². The molecule has 0 aliphatic carbocycles. The van der Waals surface area contributed by atoms with E-state index in [2.05, 4.69) is 0 Å². The number of aryl methyl sites for hydroxylation is 1. The fourth-order valence-corrected chi connectivity index (χ4v) is 3.19. The average Bonchev–Trinajstić information content (AvgIpc) is 2.60. The molecule has 2 rings (SSSR count). The molecule has 0 fully saturated rings. The van der Waals surface area contributed by atoms with Crippen molar-refractivity contribution >= 4 is 21.6 Å². The maximum Gasteiger partial charge on any atom is 0.264 e. The van der Waals surface area contributed by atoms with Crippen LogP contribution < -0.4 is 9.64 Å². The van der Waals surface area contributed by atoms with E-state index in [0.717, 1.165) is 4.31 Å². The zero-order valence-electron chi connectivity index (χ0n) is 15.1. The molecule has 0 saturated carbocycles. The van der Waals surface area contributed by atoms with Crippen molar-refractivity contribution in [1.82, 2.24) is 4.31 Å². The highest BCUT2D eigenvalue weighted by atomic mass is 32.2. The van der Waals surface area contributed by atoms with Crippen LogP contribution in [0.3, 0.4) is 0 Å². The highest BCUT2D eigenvalue weighted by molar-refractivity contribution is 7.89. The van der Waals surface area contributed by atoms with Gasteiger partial charge in [0.2, 0.25) is 10.0 Å². The van der Waals surface area contributed by atoms with Gasteiger partial charge >= 0.3 is 0 Å². The first-order valence-electron chi connectivity index (χ1n) is 7.81. The van der Waals surface area contributed by atoms with Gasteiger partial charge in [0.25, 0.3) is 5.91 Å². The van der Waals surface area contributed by atoms with E-state index in [0.29, 0.717) is 17.0 Å². The van der Waals surface area contributed by atoms with Gasteiger partial charge in [0.05, 0.1) is 4.90 Å². The Bertz CT molecular complexity index is 896. The third-order valence-electron chi connectivity index (χ3n) is 3.86. The molecule has 8 heteroatoms. The van der Waals surface area contributed by atoms with Gasteiger partial charge in [0, 0.05) is 26.8 Å². The third-order valence-corrected chi connectivity index (χ3v) is 5.68. The standard InChI is InChI=1S/C18H21FN2O4S/c1-13-11-16(26(23,24)20(2)3)9-10-17(13)25-12-18(22)21(4)15-7-5-14(19)6-8-15/h5-11H,12H2,1-4H3. The molecule has 0 heterocycles. The van der Waals surface area contributed by atoms with Crippen LogP contribution in [-0.4, -0.2) is 46.4 Å². The molecule has 0 aliphatic heterocycles. The fraction of sp³-hybridized carbons (Fsp3) is 0.278. The number of ether oxygens (including phenoxy) is 1. The normalized spacial score (nSPS) is 11.5. The SMILES string of the molecule is Cc1cc(S(=O)(=O)N(C)C)ccc1OCC(=O)N(C)c1ccc(F)cc1. The molecule has 1 amide bonds. The van der Waals surface area contributed by atoms with E-state index in [9.17, 15) is 17.6 Å². The van der Waals surface area contributed by atoms with Crippen molar-refractivity contribution in [3.05, 3.63) is 53.8 Å². The Kier molecular flexibility index (Phi) is 5.99. The van der Waals surface area contributed by atoms with Crippen LogP contribution in [0.5, 0.6) is 5.75 Å². The molecule has 0 N–H and O–H groups in total. The summed E-state index contributed by atoms with van der Waals surface area (Å²) >= 11 is 0. The largest absolute Gasteiger partial charge is 0.483 e. The fourth-order valence-electron chi connectivity index (χ4n) is 2.20. The summed E-state index contributed by atoms with van der Waals surface area (Å²) in [6.45, 7) is 1.48. The first kappa shape index (κ1) is 19.9. The zero-order valence-corrected chi connectivity index (χ0v) is 15.9. The highest BCUT2D eigenvalue weighted by Crippen LogP contribution is 2.23. The van der Waals surface area contributed by atoms with Crippen LogP contribution in [0.4, 0.5) is 10.1 Å². The maximum absolute atomic E-state index is 13.0. The summed E-state index contributed by atoms with van der Waals surface area (Å²) in [5, 5.41) is 0. The Morgan fingerprint density at radius 1 is 1.08 bits per heavy atom. The first-order chi connectivity index (χ1) is 12.1. The third kappa shape index (κ3) is 4.39. The molecular formula is C18H21FN2O4S. The lowest BCUT2D eigenvalue weighted by Crippen LogP contribution is -2.31. The molecule has 0 radical (unpaired) electrons. The van der Waals surface area contributed by atoms with Crippen LogP contribution in [0.2, 0.25) is 0 Å². The summed E-state index contributed by atoms with van der Waals surface area (Å²) in [6.07, 6.45) is 0. The Labute approximate surface area is 152 Å². The van der Waals surface area contributed by atoms with Gasteiger partial charge in [-0.2, -0.15) is 0 Å². The van der Waals surface area contributed by atoms with Gasteiger partial charge in [0.1, 0.15) is 11.6 Å². The predicted octanol–water partition coefficient (Wildman–Crippen LogP) is 2.43. The molecule has 2 aromatic rings. The highest BCUT2D eigenvalue weighted by Gasteiger charge is 2.19. The molecule has 0 spiro atoms. The number of anilines is 1. The second kappa shape index (κ2) is 7.84. The summed E-state index contributed by atoms with van der Waals surface area (Å²) in [5.41, 5.74) is 1.15. The summed E-state index contributed by atoms with van der Waals surface area (Å²) in [4.78, 5) is 13.7. The van der Waals surface area contributed by atoms with Gasteiger partial charge in [0.15, 0.2) is 6.61 Å². The second-order valence-electron chi connectivity index (χ2n) is 5.93. The van der Waals surface area contributed by atoms with Crippen LogP contribution >= 0.6 is 0 Å². The molecule has 26 heavy (non-hydrogen) atoms. The molecule has 6 nitrogen and oxygen atoms in total. The molecule has 0 bridgehead atoms. The summed E-state index contributed by atoms with van der Waals surface area (Å²) in [7, 11) is 0.954. The minimum Gasteiger partial charge on any atom is -0.483 e. The number of nitrogens with zero attached hydrogens (tertiary/aromatic N) is 2. The van der Waals surface area contributed by atoms with Crippen LogP contribution in [0.15, 0.2) is 47.4 Å². The smallest absolute Gasteiger partial charge is 0.264 e. The van der Waals surface area contributed by atoms with Crippen molar-refractivity contribution in [2.24, 2.45) is 0 Å². The van der Waals surface area contributed by atoms with Crippen molar-refractivity contribution < 1.29 is 22.3 Å². The van der Waals surface area contributed by atoms with Gasteiger partial charge < -0.3 is 9.64 Å². The molecule has 0 aliphatic rings. The zero-order chi connectivity index (χ0) is 19.5. The molecule has 0 aromatic heterocycles. The van der Waals surface area contributed by atoms with Crippen molar-refractivity contribution in [3.8, 4) is 5.75 Å². The van der Waals surface area contributed by atoms with Crippen LogP contribution in [0, 0.1) is 12.7 Å². The summed E-state index contributed by atoms with van der Waals surface area (Å²) < 4.78 is 43.9. The van der Waals surface area contributed by atoms with E-state index >= 15 is 0 Å². The van der Waals surface area contributed by atoms with Crippen molar-refractivity contribution in [2.75, 3.05) is 32.6 Å². The monoisotopic (exact) mass is 380 g/mol. The van der Waals surface area contributed by atoms with E-state index in [1.807, 2.05) is 0 Å². The van der Waals surface area contributed by atoms with E-state index < -0.39 is 10.0 Å². The maximum atomic E-state index is 13.0. The number of amides is 1. The number of hydrogen-bond donors (Lipinski definition) is 0. The number of sulfonamides is 1. The predicted molar refractivity (Wildman–Crippen MR) is 97.4 cm³/mol. The number of carbonyl (C=O) groups is 1. The molecule has 0 saturated heterocycles. The summed E-state index contributed by atoms with van der Waals surface area (Å²) in [5.74, 6) is -0.279. The Balaban J connectivity index is 2.07. The van der Waals surface area contributed by atoms with E-state index in [-0.39, 0.29) is 23.2 Å². The lowest BCUT2D eigenvalue weighted by atomic mass is 10.2. The van der Waals surface area contributed by atoms with Gasteiger partial charge in [-0.25, -0.2) is 17.1 Å². The lowest BCUT2D eigenvalue weighted by molar-refractivity contribution is -0.120. The number of halogens is 1. The molecule has 0 unspecified atom stereocenters. The van der Waals surface area contributed by atoms with E-state index in [1.54, 1.807) is 14.0 Å². The average molecular weight is 380 g/mol. The lowest BCUT2D eigenvalue weighted by Gasteiger charge is -2.18. The van der Waals surface area contributed by atoms with Crippen molar-refractivity contribution in [2.45, 2.75) is 11.8 Å². The van der Waals surface area contributed by atoms with Crippen molar-refractivity contribution in [1.29, 1.82) is 0 Å². The number of benzene rings is 2. The van der Waals surface area contributed by atoms with Crippen LogP contribution in [-0.2, 0) is 14.8 Å². The molecule has 0 atom stereocenters. The number of likely N-dealkylation sites (N-methyl/N-ethyl adjacent to an activating group) is 1. The van der Waals surface area contributed by atoms with Crippen LogP contribution in [0.1, 0.15) is 5.56 Å². The van der Waals surface area contributed by atoms with E-state index in [1.165, 1.54) is 61.5 Å². The minimum atomic E-state index is -3.53. The van der Waals surface area contributed by atoms with Gasteiger partial charge in [-0.3, -0.25) is 4.79 Å². The number of carbonyl (C=O) groups excluding carboxylic acids is 1. The quantitative estimate of drug-likeness (QED) is 0.772. The molecular weight excluding hydrogens is 359 g/mol.